The van der Waals surface area contributed by atoms with Crippen LogP contribution in [-0.4, -0.2) is 32.5 Å². The van der Waals surface area contributed by atoms with Crippen LogP contribution in [0.4, 0.5) is 0 Å². The highest BCUT2D eigenvalue weighted by atomic mass is 32.2. The molecule has 0 fully saturated rings. The van der Waals surface area contributed by atoms with Crippen LogP contribution in [-0.2, 0) is 15.6 Å². The molecule has 0 amide bonds. The molecule has 1 rings (SSSR count). The van der Waals surface area contributed by atoms with Gasteiger partial charge >= 0.3 is 5.97 Å². The minimum atomic E-state index is -1.24. The maximum atomic E-state index is 11.2. The lowest BCUT2D eigenvalue weighted by molar-refractivity contribution is -0.133. The molecule has 0 radical (unpaired) electrons. The summed E-state index contributed by atoms with van der Waals surface area (Å²) in [6.45, 7) is 0. The largest absolute Gasteiger partial charge is 0.481 e. The lowest BCUT2D eigenvalue weighted by Gasteiger charge is -2.00. The van der Waals surface area contributed by atoms with Gasteiger partial charge in [0.05, 0.1) is 0 Å². The van der Waals surface area contributed by atoms with Crippen LogP contribution < -0.4 is 0 Å². The quantitative estimate of drug-likeness (QED) is 0.772. The monoisotopic (exact) mass is 244 g/mol. The van der Waals surface area contributed by atoms with Crippen molar-refractivity contribution in [1.82, 2.24) is 0 Å². The van der Waals surface area contributed by atoms with Gasteiger partial charge in [-0.25, -0.2) is 0 Å². The molecule has 3 nitrogen and oxygen atoms in total. The Labute approximate surface area is 95.3 Å². The molecule has 0 aliphatic heterocycles. The van der Waals surface area contributed by atoms with Gasteiger partial charge in [0.25, 0.3) is 0 Å². The number of hydrogen-bond acceptors (Lipinski definition) is 3. The fourth-order valence-corrected chi connectivity index (χ4v) is 3.06. The van der Waals surface area contributed by atoms with Gasteiger partial charge in [0, 0.05) is 27.2 Å². The highest BCUT2D eigenvalue weighted by molar-refractivity contribution is 8.00. The molecule has 5 heteroatoms. The summed E-state index contributed by atoms with van der Waals surface area (Å²) in [6.07, 6.45) is 0. The van der Waals surface area contributed by atoms with E-state index in [-0.39, 0.29) is 5.75 Å². The molecule has 1 N–H and O–H groups in total. The second kappa shape index (κ2) is 6.63. The van der Waals surface area contributed by atoms with Crippen molar-refractivity contribution in [1.29, 1.82) is 0 Å². The third kappa shape index (κ3) is 5.59. The highest BCUT2D eigenvalue weighted by Crippen LogP contribution is 2.16. The normalized spacial score (nSPS) is 12.3. The topological polar surface area (TPSA) is 54.4 Å². The minimum Gasteiger partial charge on any atom is -0.481 e. The lowest BCUT2D eigenvalue weighted by Crippen LogP contribution is -2.12. The maximum absolute atomic E-state index is 11.2. The van der Waals surface area contributed by atoms with E-state index >= 15 is 0 Å². The first kappa shape index (κ1) is 12.3. The van der Waals surface area contributed by atoms with Crippen LogP contribution in [0, 0.1) is 0 Å². The molecule has 0 aliphatic carbocycles. The van der Waals surface area contributed by atoms with Crippen LogP contribution in [0.15, 0.2) is 35.2 Å². The fraction of sp³-hybridized carbons (Fsp3) is 0.300. The number of thioether (sulfide) groups is 1. The Balaban J connectivity index is 2.22. The van der Waals surface area contributed by atoms with Gasteiger partial charge in [0.15, 0.2) is 0 Å². The van der Waals surface area contributed by atoms with Crippen LogP contribution >= 0.6 is 11.8 Å². The van der Waals surface area contributed by atoms with Crippen molar-refractivity contribution in [2.75, 3.05) is 17.3 Å². The van der Waals surface area contributed by atoms with E-state index in [0.29, 0.717) is 11.5 Å². The third-order valence-electron chi connectivity index (χ3n) is 1.61. The molecule has 0 saturated heterocycles. The zero-order valence-corrected chi connectivity index (χ0v) is 9.72. The van der Waals surface area contributed by atoms with Crippen molar-refractivity contribution < 1.29 is 14.1 Å². The standard InChI is InChI=1S/C10H12O3S2/c11-10(12)8-15(13)7-6-14-9-4-2-1-3-5-9/h1-5H,6-8H2,(H,11,12). The van der Waals surface area contributed by atoms with E-state index < -0.39 is 16.8 Å². The Hall–Kier alpha value is -0.810. The van der Waals surface area contributed by atoms with Gasteiger partial charge in [-0.3, -0.25) is 9.00 Å². The Morgan fingerprint density at radius 1 is 1.33 bits per heavy atom. The lowest BCUT2D eigenvalue weighted by atomic mass is 10.4. The van der Waals surface area contributed by atoms with Crippen molar-refractivity contribution in [3.63, 3.8) is 0 Å². The smallest absolute Gasteiger partial charge is 0.316 e. The minimum absolute atomic E-state index is 0.255. The molecule has 1 aromatic carbocycles. The second-order valence-corrected chi connectivity index (χ2v) is 5.59. The highest BCUT2D eigenvalue weighted by Gasteiger charge is 2.05. The fourth-order valence-electron chi connectivity index (χ4n) is 0.979. The summed E-state index contributed by atoms with van der Waals surface area (Å²) in [5.41, 5.74) is 0. The predicted molar refractivity (Wildman–Crippen MR) is 62.7 cm³/mol. The zero-order chi connectivity index (χ0) is 11.1. The Bertz CT molecular complexity index is 338. The molecule has 0 heterocycles. The van der Waals surface area contributed by atoms with Crippen LogP contribution in [0.1, 0.15) is 0 Å². The molecule has 1 unspecified atom stereocenters. The summed E-state index contributed by atoms with van der Waals surface area (Å²) in [7, 11) is -1.24. The summed E-state index contributed by atoms with van der Waals surface area (Å²) in [6, 6.07) is 9.77. The maximum Gasteiger partial charge on any atom is 0.316 e. The van der Waals surface area contributed by atoms with E-state index in [0.717, 1.165) is 4.90 Å². The van der Waals surface area contributed by atoms with E-state index in [1.165, 1.54) is 0 Å². The van der Waals surface area contributed by atoms with E-state index in [9.17, 15) is 9.00 Å². The Morgan fingerprint density at radius 2 is 2.00 bits per heavy atom. The number of rotatable bonds is 6. The molecule has 0 saturated carbocycles. The molecular weight excluding hydrogens is 232 g/mol. The van der Waals surface area contributed by atoms with E-state index in [4.69, 9.17) is 5.11 Å². The number of carboxylic acids is 1. The Kier molecular flexibility index (Phi) is 5.42. The van der Waals surface area contributed by atoms with Gasteiger partial charge in [0.1, 0.15) is 5.75 Å². The molecule has 15 heavy (non-hydrogen) atoms. The summed E-state index contributed by atoms with van der Waals surface area (Å²) in [5.74, 6) is -0.150. The molecule has 0 aliphatic rings. The number of carbonyl (C=O) groups is 1. The van der Waals surface area contributed by atoms with Crippen molar-refractivity contribution in [2.45, 2.75) is 4.90 Å². The van der Waals surface area contributed by atoms with Crippen LogP contribution in [0.2, 0.25) is 0 Å². The van der Waals surface area contributed by atoms with Crippen molar-refractivity contribution in [3.05, 3.63) is 30.3 Å². The predicted octanol–water partition coefficient (Wildman–Crippen LogP) is 1.61. The van der Waals surface area contributed by atoms with Crippen LogP contribution in [0.25, 0.3) is 0 Å². The van der Waals surface area contributed by atoms with Crippen molar-refractivity contribution >= 4 is 28.5 Å². The summed E-state index contributed by atoms with van der Waals surface area (Å²) >= 11 is 1.59. The van der Waals surface area contributed by atoms with E-state index in [1.54, 1.807) is 11.8 Å². The summed E-state index contributed by atoms with van der Waals surface area (Å²) in [4.78, 5) is 11.4. The molecule has 82 valence electrons. The zero-order valence-electron chi connectivity index (χ0n) is 8.09. The molecule has 1 atom stereocenters. The third-order valence-corrected chi connectivity index (χ3v) is 4.11. The van der Waals surface area contributed by atoms with Crippen molar-refractivity contribution in [2.24, 2.45) is 0 Å². The van der Waals surface area contributed by atoms with Crippen molar-refractivity contribution in [3.8, 4) is 0 Å². The van der Waals surface area contributed by atoms with Crippen LogP contribution in [0.3, 0.4) is 0 Å². The molecule has 1 aromatic rings. The number of benzene rings is 1. The van der Waals surface area contributed by atoms with Gasteiger partial charge in [-0.1, -0.05) is 18.2 Å². The van der Waals surface area contributed by atoms with Gasteiger partial charge < -0.3 is 5.11 Å². The summed E-state index contributed by atoms with van der Waals surface area (Å²) in [5, 5.41) is 8.40. The average molecular weight is 244 g/mol. The first-order valence-corrected chi connectivity index (χ1v) is 6.90. The number of aliphatic carboxylic acids is 1. The van der Waals surface area contributed by atoms with Crippen LogP contribution in [0.5, 0.6) is 0 Å². The molecule has 0 spiro atoms. The molecule has 0 aromatic heterocycles. The summed E-state index contributed by atoms with van der Waals surface area (Å²) < 4.78 is 11.2. The van der Waals surface area contributed by atoms with Gasteiger partial charge in [0.2, 0.25) is 0 Å². The number of carboxylic acid groups (broad SMARTS) is 1. The van der Waals surface area contributed by atoms with Gasteiger partial charge in [-0.2, -0.15) is 0 Å². The van der Waals surface area contributed by atoms with E-state index in [2.05, 4.69) is 0 Å². The first-order valence-electron chi connectivity index (χ1n) is 4.43. The van der Waals surface area contributed by atoms with E-state index in [1.807, 2.05) is 30.3 Å². The number of hydrogen-bond donors (Lipinski definition) is 1. The second-order valence-electron chi connectivity index (χ2n) is 2.84. The molecule has 0 bridgehead atoms. The molecular formula is C10H12O3S2. The SMILES string of the molecule is O=C(O)CS(=O)CCSc1ccccc1. The Morgan fingerprint density at radius 3 is 2.60 bits per heavy atom. The van der Waals surface area contributed by atoms with Gasteiger partial charge in [-0.05, 0) is 12.1 Å². The van der Waals surface area contributed by atoms with Gasteiger partial charge in [-0.15, -0.1) is 11.8 Å². The average Bonchev–Trinajstić information content (AvgIpc) is 2.18. The first-order chi connectivity index (χ1) is 7.18.